The highest BCUT2D eigenvalue weighted by atomic mass is 16.6. The minimum absolute atomic E-state index is 0.00954. The minimum Gasteiger partial charge on any atom is -0.419 e. The Morgan fingerprint density at radius 1 is 1.53 bits per heavy atom. The summed E-state index contributed by atoms with van der Waals surface area (Å²) in [5.41, 5.74) is 0.655. The third kappa shape index (κ3) is 2.77. The van der Waals surface area contributed by atoms with Crippen LogP contribution in [0.2, 0.25) is 0 Å². The van der Waals surface area contributed by atoms with E-state index in [2.05, 4.69) is 0 Å². The van der Waals surface area contributed by atoms with E-state index in [0.29, 0.717) is 6.42 Å². The molecule has 5 heteroatoms. The SMILES string of the molecule is CCc1ccc(OC(C)=O)c([N+](=O)[O-])c1. The lowest BCUT2D eigenvalue weighted by molar-refractivity contribution is -0.385. The van der Waals surface area contributed by atoms with E-state index in [9.17, 15) is 14.9 Å². The van der Waals surface area contributed by atoms with Crippen molar-refractivity contribution in [1.82, 2.24) is 0 Å². The Balaban J connectivity index is 3.15. The van der Waals surface area contributed by atoms with Gasteiger partial charge >= 0.3 is 11.7 Å². The van der Waals surface area contributed by atoms with Crippen molar-refractivity contribution in [3.05, 3.63) is 33.9 Å². The summed E-state index contributed by atoms with van der Waals surface area (Å²) in [6, 6.07) is 4.56. The van der Waals surface area contributed by atoms with Gasteiger partial charge in [-0.2, -0.15) is 0 Å². The predicted octanol–water partition coefficient (Wildman–Crippen LogP) is 2.08. The van der Waals surface area contributed by atoms with E-state index in [1.807, 2.05) is 6.92 Å². The molecule has 0 radical (unpaired) electrons. The van der Waals surface area contributed by atoms with Crippen LogP contribution in [0.3, 0.4) is 0 Å². The Kier molecular flexibility index (Phi) is 3.38. The average Bonchev–Trinajstić information content (AvgIpc) is 2.17. The third-order valence-electron chi connectivity index (χ3n) is 1.88. The second-order valence-electron chi connectivity index (χ2n) is 3.01. The molecule has 0 amide bonds. The molecule has 80 valence electrons. The van der Waals surface area contributed by atoms with Gasteiger partial charge in [0, 0.05) is 13.0 Å². The van der Waals surface area contributed by atoms with E-state index in [1.54, 1.807) is 6.07 Å². The molecule has 0 bridgehead atoms. The van der Waals surface area contributed by atoms with Crippen LogP contribution in [0.1, 0.15) is 19.4 Å². The Bertz CT molecular complexity index is 400. The fraction of sp³-hybridized carbons (Fsp3) is 0.300. The number of benzene rings is 1. The number of nitrogens with zero attached hydrogens (tertiary/aromatic N) is 1. The maximum atomic E-state index is 10.7. The van der Waals surface area contributed by atoms with Crippen LogP contribution < -0.4 is 4.74 Å². The van der Waals surface area contributed by atoms with Gasteiger partial charge in [-0.15, -0.1) is 0 Å². The minimum atomic E-state index is -0.567. The summed E-state index contributed by atoms with van der Waals surface area (Å²) in [6.45, 7) is 3.10. The molecule has 0 aliphatic heterocycles. The Hall–Kier alpha value is -1.91. The van der Waals surface area contributed by atoms with Gasteiger partial charge in [-0.1, -0.05) is 13.0 Å². The topological polar surface area (TPSA) is 69.4 Å². The molecule has 5 nitrogen and oxygen atoms in total. The highest BCUT2D eigenvalue weighted by Crippen LogP contribution is 2.28. The number of hydrogen-bond acceptors (Lipinski definition) is 4. The summed E-state index contributed by atoms with van der Waals surface area (Å²) in [6.07, 6.45) is 0.696. The number of ether oxygens (including phenoxy) is 1. The van der Waals surface area contributed by atoms with Crippen molar-refractivity contribution in [3.63, 3.8) is 0 Å². The zero-order valence-corrected chi connectivity index (χ0v) is 8.52. The Morgan fingerprint density at radius 3 is 2.67 bits per heavy atom. The molecule has 1 rings (SSSR count). The maximum Gasteiger partial charge on any atom is 0.311 e. The summed E-state index contributed by atoms with van der Waals surface area (Å²) in [5, 5.41) is 10.7. The highest BCUT2D eigenvalue weighted by Gasteiger charge is 2.16. The number of aryl methyl sites for hydroxylation is 1. The summed E-state index contributed by atoms with van der Waals surface area (Å²) >= 11 is 0. The van der Waals surface area contributed by atoms with E-state index in [4.69, 9.17) is 4.74 Å². The van der Waals surface area contributed by atoms with Gasteiger partial charge < -0.3 is 4.74 Å². The smallest absolute Gasteiger partial charge is 0.311 e. The van der Waals surface area contributed by atoms with Gasteiger partial charge in [0.1, 0.15) is 0 Å². The molecular weight excluding hydrogens is 198 g/mol. The van der Waals surface area contributed by atoms with Crippen LogP contribution in [0.5, 0.6) is 5.75 Å². The first kappa shape index (κ1) is 11.2. The molecular formula is C10H11NO4. The van der Waals surface area contributed by atoms with Gasteiger partial charge in [0.15, 0.2) is 0 Å². The van der Waals surface area contributed by atoms with Crippen molar-refractivity contribution in [2.24, 2.45) is 0 Å². The second kappa shape index (κ2) is 4.54. The molecule has 1 aromatic carbocycles. The number of carbonyl (C=O) groups is 1. The molecule has 0 saturated carbocycles. The van der Waals surface area contributed by atoms with Crippen LogP contribution in [-0.4, -0.2) is 10.9 Å². The first-order chi connectivity index (χ1) is 7.04. The standard InChI is InChI=1S/C10H11NO4/c1-3-8-4-5-10(15-7(2)12)9(6-8)11(13)14/h4-6H,3H2,1-2H3. The van der Waals surface area contributed by atoms with Crippen LogP contribution in [0.25, 0.3) is 0 Å². The van der Waals surface area contributed by atoms with Crippen LogP contribution in [0, 0.1) is 10.1 Å². The lowest BCUT2D eigenvalue weighted by Crippen LogP contribution is -2.04. The van der Waals surface area contributed by atoms with E-state index >= 15 is 0 Å². The van der Waals surface area contributed by atoms with Crippen molar-refractivity contribution < 1.29 is 14.5 Å². The highest BCUT2D eigenvalue weighted by molar-refractivity contribution is 5.71. The van der Waals surface area contributed by atoms with Gasteiger partial charge in [-0.05, 0) is 18.1 Å². The molecule has 0 unspecified atom stereocenters. The Labute approximate surface area is 86.8 Å². The maximum absolute atomic E-state index is 10.7. The van der Waals surface area contributed by atoms with E-state index in [1.165, 1.54) is 19.1 Å². The van der Waals surface area contributed by atoms with E-state index in [0.717, 1.165) is 5.56 Å². The number of rotatable bonds is 3. The molecule has 0 N–H and O–H groups in total. The fourth-order valence-electron chi connectivity index (χ4n) is 1.17. The van der Waals surface area contributed by atoms with Gasteiger partial charge in [-0.25, -0.2) is 0 Å². The van der Waals surface area contributed by atoms with Crippen molar-refractivity contribution in [3.8, 4) is 5.75 Å². The van der Waals surface area contributed by atoms with Crippen LogP contribution in [0.15, 0.2) is 18.2 Å². The van der Waals surface area contributed by atoms with Gasteiger partial charge in [0.2, 0.25) is 5.75 Å². The molecule has 0 heterocycles. The molecule has 0 spiro atoms. The number of carbonyl (C=O) groups excluding carboxylic acids is 1. The first-order valence-electron chi connectivity index (χ1n) is 4.50. The summed E-state index contributed by atoms with van der Waals surface area (Å²) in [4.78, 5) is 20.8. The second-order valence-corrected chi connectivity index (χ2v) is 3.01. The number of nitro benzene ring substituents is 1. The van der Waals surface area contributed by atoms with E-state index < -0.39 is 10.9 Å². The third-order valence-corrected chi connectivity index (χ3v) is 1.88. The van der Waals surface area contributed by atoms with Crippen LogP contribution >= 0.6 is 0 Å². The van der Waals surface area contributed by atoms with Gasteiger partial charge in [-0.3, -0.25) is 14.9 Å². The van der Waals surface area contributed by atoms with Crippen molar-refractivity contribution >= 4 is 11.7 Å². The molecule has 1 aromatic rings. The normalized spacial score (nSPS) is 9.73. The molecule has 0 saturated heterocycles. The van der Waals surface area contributed by atoms with Crippen LogP contribution in [0.4, 0.5) is 5.69 Å². The predicted molar refractivity (Wildman–Crippen MR) is 53.8 cm³/mol. The number of nitro groups is 1. The van der Waals surface area contributed by atoms with Crippen molar-refractivity contribution in [2.45, 2.75) is 20.3 Å². The van der Waals surface area contributed by atoms with E-state index in [-0.39, 0.29) is 11.4 Å². The monoisotopic (exact) mass is 209 g/mol. The fourth-order valence-corrected chi connectivity index (χ4v) is 1.17. The zero-order chi connectivity index (χ0) is 11.4. The number of esters is 1. The quantitative estimate of drug-likeness (QED) is 0.331. The summed E-state index contributed by atoms with van der Waals surface area (Å²) in [7, 11) is 0. The Morgan fingerprint density at radius 2 is 2.20 bits per heavy atom. The molecule has 0 aromatic heterocycles. The molecule has 0 atom stereocenters. The summed E-state index contributed by atoms with van der Waals surface area (Å²) < 4.78 is 4.73. The van der Waals surface area contributed by atoms with Crippen LogP contribution in [-0.2, 0) is 11.2 Å². The van der Waals surface area contributed by atoms with Gasteiger partial charge in [0.25, 0.3) is 0 Å². The molecule has 0 aliphatic carbocycles. The van der Waals surface area contributed by atoms with Gasteiger partial charge in [0.05, 0.1) is 4.92 Å². The molecule has 0 fully saturated rings. The lowest BCUT2D eigenvalue weighted by Gasteiger charge is -2.03. The average molecular weight is 209 g/mol. The van der Waals surface area contributed by atoms with Crippen molar-refractivity contribution in [1.29, 1.82) is 0 Å². The molecule has 0 aliphatic rings. The summed E-state index contributed by atoms with van der Waals surface area (Å²) in [5.74, 6) is -0.577. The first-order valence-corrected chi connectivity index (χ1v) is 4.50. The molecule has 15 heavy (non-hydrogen) atoms. The number of hydrogen-bond donors (Lipinski definition) is 0. The zero-order valence-electron chi connectivity index (χ0n) is 8.52. The van der Waals surface area contributed by atoms with Crippen molar-refractivity contribution in [2.75, 3.05) is 0 Å². The lowest BCUT2D eigenvalue weighted by atomic mass is 10.1. The largest absolute Gasteiger partial charge is 0.419 e.